The van der Waals surface area contributed by atoms with Gasteiger partial charge in [-0.1, -0.05) is 18.2 Å². The van der Waals surface area contributed by atoms with Gasteiger partial charge in [0.05, 0.1) is 0 Å². The van der Waals surface area contributed by atoms with Gasteiger partial charge in [-0.25, -0.2) is 0 Å². The average molecular weight is 151 g/mol. The van der Waals surface area contributed by atoms with Crippen LogP contribution in [0.1, 0.15) is 5.56 Å². The minimum absolute atomic E-state index is 0.219. The van der Waals surface area contributed by atoms with Crippen LogP contribution in [0.5, 0.6) is 5.75 Å². The maximum absolute atomic E-state index is 9.20. The molecule has 1 rings (SSSR count). The van der Waals surface area contributed by atoms with Crippen molar-refractivity contribution in [1.82, 2.24) is 0 Å². The highest BCUT2D eigenvalue weighted by Crippen LogP contribution is 2.15. The second kappa shape index (κ2) is 3.61. The summed E-state index contributed by atoms with van der Waals surface area (Å²) >= 11 is 0. The number of oxime groups is 1. The Hall–Kier alpha value is -1.51. The fourth-order valence-electron chi connectivity index (χ4n) is 0.748. The number of phenolic OH excluding ortho intramolecular Hbond substituents is 1. The van der Waals surface area contributed by atoms with Crippen molar-refractivity contribution in [3.05, 3.63) is 29.8 Å². The van der Waals surface area contributed by atoms with E-state index in [0.717, 1.165) is 0 Å². The van der Waals surface area contributed by atoms with Gasteiger partial charge in [0, 0.05) is 12.3 Å². The summed E-state index contributed by atoms with van der Waals surface area (Å²) in [5.74, 6) is 0.219. The maximum Gasteiger partial charge on any atom is 0.145 e. The van der Waals surface area contributed by atoms with Gasteiger partial charge in [0.1, 0.15) is 12.4 Å². The molecule has 1 aromatic carbocycles. The topological polar surface area (TPSA) is 41.8 Å². The van der Waals surface area contributed by atoms with E-state index >= 15 is 0 Å². The van der Waals surface area contributed by atoms with Crippen molar-refractivity contribution >= 4 is 6.72 Å². The zero-order valence-electron chi connectivity index (χ0n) is 6.03. The summed E-state index contributed by atoms with van der Waals surface area (Å²) in [7, 11) is 0. The van der Waals surface area contributed by atoms with E-state index in [0.29, 0.717) is 5.56 Å². The molecule has 0 aliphatic carbocycles. The number of hydrogen-bond acceptors (Lipinski definition) is 3. The molecule has 0 bridgehead atoms. The molecule has 0 aliphatic heterocycles. The van der Waals surface area contributed by atoms with Gasteiger partial charge in [0.2, 0.25) is 0 Å². The first-order valence-corrected chi connectivity index (χ1v) is 3.19. The van der Waals surface area contributed by atoms with Gasteiger partial charge in [-0.05, 0) is 6.07 Å². The lowest BCUT2D eigenvalue weighted by Gasteiger charge is -2.00. The quantitative estimate of drug-likeness (QED) is 0.525. The van der Waals surface area contributed by atoms with Crippen LogP contribution in [0, 0.1) is 0 Å². The van der Waals surface area contributed by atoms with E-state index in [9.17, 15) is 5.11 Å². The predicted octanol–water partition coefficient (Wildman–Crippen LogP) is 1.52. The van der Waals surface area contributed by atoms with Gasteiger partial charge >= 0.3 is 0 Å². The van der Waals surface area contributed by atoms with Crippen molar-refractivity contribution in [3.63, 3.8) is 0 Å². The van der Waals surface area contributed by atoms with E-state index in [4.69, 9.17) is 0 Å². The Morgan fingerprint density at radius 3 is 2.82 bits per heavy atom. The number of hydrogen-bond donors (Lipinski definition) is 1. The number of aromatic hydroxyl groups is 1. The van der Waals surface area contributed by atoms with Crippen LogP contribution in [0.25, 0.3) is 0 Å². The van der Waals surface area contributed by atoms with E-state index < -0.39 is 0 Å². The van der Waals surface area contributed by atoms with Gasteiger partial charge in [0.15, 0.2) is 0 Å². The normalized spacial score (nSPS) is 9.09. The third-order valence-electron chi connectivity index (χ3n) is 1.30. The average Bonchev–Trinajstić information content (AvgIpc) is 2.03. The van der Waals surface area contributed by atoms with Crippen LogP contribution >= 0.6 is 0 Å². The Bertz CT molecular complexity index is 248. The molecular formula is C8H9NO2. The molecule has 0 atom stereocenters. The SMILES string of the molecule is C=NOCc1ccccc1O. The lowest BCUT2D eigenvalue weighted by molar-refractivity contribution is 0.131. The summed E-state index contributed by atoms with van der Waals surface area (Å²) in [5, 5.41) is 12.4. The van der Waals surface area contributed by atoms with Crippen molar-refractivity contribution in [1.29, 1.82) is 0 Å². The molecule has 0 aliphatic rings. The van der Waals surface area contributed by atoms with Crippen LogP contribution in [0.4, 0.5) is 0 Å². The van der Waals surface area contributed by atoms with Crippen LogP contribution in [0.3, 0.4) is 0 Å². The first-order chi connectivity index (χ1) is 5.34. The smallest absolute Gasteiger partial charge is 0.145 e. The summed E-state index contributed by atoms with van der Waals surface area (Å²) in [6.45, 7) is 3.41. The van der Waals surface area contributed by atoms with Crippen molar-refractivity contribution in [3.8, 4) is 5.75 Å². The highest BCUT2D eigenvalue weighted by molar-refractivity contribution is 5.31. The fraction of sp³-hybridized carbons (Fsp3) is 0.125. The monoisotopic (exact) mass is 151 g/mol. The second-order valence-corrected chi connectivity index (χ2v) is 2.03. The van der Waals surface area contributed by atoms with Crippen molar-refractivity contribution < 1.29 is 9.94 Å². The zero-order chi connectivity index (χ0) is 8.10. The van der Waals surface area contributed by atoms with Crippen LogP contribution in [-0.4, -0.2) is 11.8 Å². The molecule has 0 unspecified atom stereocenters. The molecule has 11 heavy (non-hydrogen) atoms. The Balaban J connectivity index is 2.69. The summed E-state index contributed by atoms with van der Waals surface area (Å²) in [6.07, 6.45) is 0. The lowest BCUT2D eigenvalue weighted by atomic mass is 10.2. The Morgan fingerprint density at radius 2 is 2.18 bits per heavy atom. The highest BCUT2D eigenvalue weighted by atomic mass is 16.6. The highest BCUT2D eigenvalue weighted by Gasteiger charge is 1.97. The Kier molecular flexibility index (Phi) is 2.49. The Labute approximate surface area is 64.9 Å². The molecule has 0 heterocycles. The summed E-state index contributed by atoms with van der Waals surface area (Å²) in [5.41, 5.74) is 0.708. The largest absolute Gasteiger partial charge is 0.508 e. The number of benzene rings is 1. The maximum atomic E-state index is 9.20. The zero-order valence-corrected chi connectivity index (χ0v) is 6.03. The third-order valence-corrected chi connectivity index (χ3v) is 1.30. The minimum Gasteiger partial charge on any atom is -0.508 e. The molecule has 1 aromatic rings. The number of para-hydroxylation sites is 1. The van der Waals surface area contributed by atoms with E-state index in [-0.39, 0.29) is 12.4 Å². The first-order valence-electron chi connectivity index (χ1n) is 3.19. The van der Waals surface area contributed by atoms with Crippen LogP contribution in [0.2, 0.25) is 0 Å². The predicted molar refractivity (Wildman–Crippen MR) is 42.4 cm³/mol. The number of nitrogens with zero attached hydrogens (tertiary/aromatic N) is 1. The second-order valence-electron chi connectivity index (χ2n) is 2.03. The molecule has 1 N–H and O–H groups in total. The minimum atomic E-state index is 0.219. The first kappa shape index (κ1) is 7.60. The summed E-state index contributed by atoms with van der Waals surface area (Å²) < 4.78 is 0. The van der Waals surface area contributed by atoms with Crippen LogP contribution in [-0.2, 0) is 11.4 Å². The van der Waals surface area contributed by atoms with E-state index in [1.807, 2.05) is 6.07 Å². The molecule has 0 saturated carbocycles. The van der Waals surface area contributed by atoms with Crippen LogP contribution < -0.4 is 0 Å². The molecule has 0 aromatic heterocycles. The molecule has 0 spiro atoms. The molecule has 3 heteroatoms. The van der Waals surface area contributed by atoms with Crippen molar-refractivity contribution in [2.45, 2.75) is 6.61 Å². The van der Waals surface area contributed by atoms with Gasteiger partial charge < -0.3 is 9.94 Å². The standard InChI is InChI=1S/C8H9NO2/c1-9-11-6-7-4-2-3-5-8(7)10/h2-5,10H,1,6H2. The molecule has 58 valence electrons. The molecular weight excluding hydrogens is 142 g/mol. The van der Waals surface area contributed by atoms with Gasteiger partial charge in [-0.2, -0.15) is 0 Å². The molecule has 0 amide bonds. The number of phenols is 1. The molecule has 0 radical (unpaired) electrons. The summed E-state index contributed by atoms with van der Waals surface area (Å²) in [4.78, 5) is 4.65. The van der Waals surface area contributed by atoms with E-state index in [2.05, 4.69) is 16.7 Å². The summed E-state index contributed by atoms with van der Waals surface area (Å²) in [6, 6.07) is 6.93. The van der Waals surface area contributed by atoms with Gasteiger partial charge in [0.25, 0.3) is 0 Å². The fourth-order valence-corrected chi connectivity index (χ4v) is 0.748. The van der Waals surface area contributed by atoms with Crippen LogP contribution in [0.15, 0.2) is 29.4 Å². The lowest BCUT2D eigenvalue weighted by Crippen LogP contribution is -1.85. The molecule has 0 fully saturated rings. The van der Waals surface area contributed by atoms with E-state index in [1.165, 1.54) is 0 Å². The third kappa shape index (κ3) is 1.97. The van der Waals surface area contributed by atoms with Gasteiger partial charge in [-0.15, -0.1) is 5.16 Å². The van der Waals surface area contributed by atoms with Crippen molar-refractivity contribution in [2.24, 2.45) is 5.16 Å². The number of rotatable bonds is 3. The van der Waals surface area contributed by atoms with E-state index in [1.54, 1.807) is 18.2 Å². The Morgan fingerprint density at radius 1 is 1.45 bits per heavy atom. The van der Waals surface area contributed by atoms with Gasteiger partial charge in [-0.3, -0.25) is 0 Å². The molecule has 3 nitrogen and oxygen atoms in total. The molecule has 0 saturated heterocycles. The van der Waals surface area contributed by atoms with Crippen molar-refractivity contribution in [2.75, 3.05) is 0 Å².